The molecule has 0 spiro atoms. The van der Waals surface area contributed by atoms with Gasteiger partial charge in [0, 0.05) is 17.9 Å². The summed E-state index contributed by atoms with van der Waals surface area (Å²) in [5.41, 5.74) is 5.66. The van der Waals surface area contributed by atoms with Crippen molar-refractivity contribution in [1.29, 1.82) is 0 Å². The highest BCUT2D eigenvalue weighted by molar-refractivity contribution is 8.56. The van der Waals surface area contributed by atoms with E-state index in [1.165, 1.54) is 11.1 Å². The third-order valence-corrected chi connectivity index (χ3v) is 9.79. The van der Waals surface area contributed by atoms with E-state index < -0.39 is 10.0 Å². The molecule has 0 amide bonds. The van der Waals surface area contributed by atoms with Crippen LogP contribution in [0, 0.1) is 5.92 Å². The highest BCUT2D eigenvalue weighted by Gasteiger charge is 2.46. The van der Waals surface area contributed by atoms with Gasteiger partial charge in [-0.15, -0.1) is 0 Å². The molecule has 0 bridgehead atoms. The second-order valence-electron chi connectivity index (χ2n) is 8.14. The largest absolute Gasteiger partial charge is 0.316 e. The van der Waals surface area contributed by atoms with Crippen LogP contribution in [0.25, 0.3) is 0 Å². The Hall–Kier alpha value is -1.54. The molecule has 2 atom stereocenters. The maximum absolute atomic E-state index is 13.4. The Morgan fingerprint density at radius 1 is 1.25 bits per heavy atom. The standard InChI is InChI=1S/C21H29N3O3S/c25-20(8-7-15-10-16-4-1-2-5-17(16)11-15)28(13-18(12-24-27)23-14-28)21(26)19-6-3-9-22-19/h1-2,4-5,15,19,22,24,27H,3,6-14H2/t19-/m0/s1. The number of nitrogens with one attached hydrogen (secondary N) is 2. The van der Waals surface area contributed by atoms with Crippen LogP contribution < -0.4 is 10.8 Å². The maximum atomic E-state index is 13.4. The van der Waals surface area contributed by atoms with Crippen molar-refractivity contribution in [2.24, 2.45) is 10.9 Å². The average Bonchev–Trinajstić information content (AvgIpc) is 3.45. The van der Waals surface area contributed by atoms with Crippen molar-refractivity contribution in [3.63, 3.8) is 0 Å². The molecule has 1 aromatic rings. The molecule has 2 aliphatic heterocycles. The van der Waals surface area contributed by atoms with E-state index in [4.69, 9.17) is 5.21 Å². The SMILES string of the molecule is O=C(CCC1Cc2ccccc2C1)S1(C(=O)[C@@H]2CCCN2)CN=C(CNO)C1. The van der Waals surface area contributed by atoms with Crippen molar-refractivity contribution in [3.8, 4) is 0 Å². The second kappa shape index (κ2) is 8.45. The van der Waals surface area contributed by atoms with Crippen molar-refractivity contribution in [2.75, 3.05) is 24.7 Å². The number of rotatable bonds is 6. The van der Waals surface area contributed by atoms with Gasteiger partial charge in [0.15, 0.2) is 10.2 Å². The normalized spacial score (nSPS) is 29.3. The summed E-state index contributed by atoms with van der Waals surface area (Å²) in [7, 11) is -2.13. The molecular weight excluding hydrogens is 374 g/mol. The van der Waals surface area contributed by atoms with Crippen LogP contribution in [0.2, 0.25) is 0 Å². The van der Waals surface area contributed by atoms with Crippen LogP contribution >= 0.6 is 10.0 Å². The zero-order valence-electron chi connectivity index (χ0n) is 16.2. The fraction of sp³-hybridized carbons (Fsp3) is 0.571. The number of carbonyl (C=O) groups is 2. The van der Waals surface area contributed by atoms with Gasteiger partial charge in [-0.3, -0.25) is 14.6 Å². The van der Waals surface area contributed by atoms with Crippen LogP contribution in [0.5, 0.6) is 0 Å². The number of fused-ring (bicyclic) bond motifs is 1. The fourth-order valence-electron chi connectivity index (χ4n) is 4.70. The minimum Gasteiger partial charge on any atom is -0.316 e. The first kappa shape index (κ1) is 19.8. The molecule has 4 rings (SSSR count). The zero-order chi connectivity index (χ0) is 19.6. The summed E-state index contributed by atoms with van der Waals surface area (Å²) in [6.07, 6.45) is 5.14. The van der Waals surface area contributed by atoms with Gasteiger partial charge < -0.3 is 10.5 Å². The third-order valence-electron chi connectivity index (χ3n) is 6.26. The molecule has 28 heavy (non-hydrogen) atoms. The van der Waals surface area contributed by atoms with Gasteiger partial charge in [-0.05, 0) is 55.7 Å². The molecule has 0 aromatic heterocycles. The summed E-state index contributed by atoms with van der Waals surface area (Å²) in [5, 5.41) is 12.5. The molecule has 0 saturated carbocycles. The number of hydrogen-bond donors (Lipinski definition) is 3. The third kappa shape index (κ3) is 3.81. The summed E-state index contributed by atoms with van der Waals surface area (Å²) >= 11 is 0. The number of carbonyl (C=O) groups excluding carboxylic acids is 2. The van der Waals surface area contributed by atoms with Crippen molar-refractivity contribution in [1.82, 2.24) is 10.8 Å². The minimum atomic E-state index is -2.13. The Morgan fingerprint density at radius 2 is 2.00 bits per heavy atom. The van der Waals surface area contributed by atoms with Gasteiger partial charge in [-0.25, -0.2) is 0 Å². The highest BCUT2D eigenvalue weighted by atomic mass is 32.3. The van der Waals surface area contributed by atoms with Crippen molar-refractivity contribution < 1.29 is 14.8 Å². The lowest BCUT2D eigenvalue weighted by molar-refractivity contribution is -0.114. The molecule has 6 nitrogen and oxygen atoms in total. The summed E-state index contributed by atoms with van der Waals surface area (Å²) in [5.74, 6) is 1.21. The van der Waals surface area contributed by atoms with E-state index in [0.717, 1.165) is 44.4 Å². The van der Waals surface area contributed by atoms with E-state index in [0.29, 0.717) is 24.0 Å². The Morgan fingerprint density at radius 3 is 2.64 bits per heavy atom. The van der Waals surface area contributed by atoms with Crippen molar-refractivity contribution in [2.45, 2.75) is 44.6 Å². The average molecular weight is 404 g/mol. The van der Waals surface area contributed by atoms with Crippen molar-refractivity contribution >= 4 is 26.0 Å². The first-order chi connectivity index (χ1) is 13.6. The smallest absolute Gasteiger partial charge is 0.197 e. The Balaban J connectivity index is 1.43. The molecular formula is C21H29N3O3S. The molecule has 3 aliphatic rings. The molecule has 1 aliphatic carbocycles. The lowest BCUT2D eigenvalue weighted by Crippen LogP contribution is -2.39. The summed E-state index contributed by atoms with van der Waals surface area (Å²) < 4.78 is 0. The molecule has 1 unspecified atom stereocenters. The molecule has 7 heteroatoms. The van der Waals surface area contributed by atoms with Gasteiger partial charge in [-0.2, -0.15) is 5.48 Å². The van der Waals surface area contributed by atoms with Gasteiger partial charge in [0.1, 0.15) is 0 Å². The molecule has 0 radical (unpaired) electrons. The minimum absolute atomic E-state index is 0.0846. The lowest BCUT2D eigenvalue weighted by atomic mass is 10.0. The van der Waals surface area contributed by atoms with Crippen LogP contribution in [0.1, 0.15) is 36.8 Å². The number of hydrogen-bond acceptors (Lipinski definition) is 6. The van der Waals surface area contributed by atoms with E-state index in [-0.39, 0.29) is 22.8 Å². The summed E-state index contributed by atoms with van der Waals surface area (Å²) in [6, 6.07) is 8.30. The van der Waals surface area contributed by atoms with Gasteiger partial charge in [0.25, 0.3) is 0 Å². The van der Waals surface area contributed by atoms with E-state index in [1.54, 1.807) is 0 Å². The van der Waals surface area contributed by atoms with Crippen LogP contribution in [0.15, 0.2) is 29.3 Å². The monoisotopic (exact) mass is 403 g/mol. The highest BCUT2D eigenvalue weighted by Crippen LogP contribution is 2.55. The Labute approximate surface area is 167 Å². The lowest BCUT2D eigenvalue weighted by Gasteiger charge is -2.33. The number of nitrogens with zero attached hydrogens (tertiary/aromatic N) is 1. The van der Waals surface area contributed by atoms with Crippen LogP contribution in [0.3, 0.4) is 0 Å². The summed E-state index contributed by atoms with van der Waals surface area (Å²) in [4.78, 5) is 31.2. The van der Waals surface area contributed by atoms with Gasteiger partial charge in [0.2, 0.25) is 0 Å². The predicted molar refractivity (Wildman–Crippen MR) is 112 cm³/mol. The first-order valence-corrected chi connectivity index (χ1v) is 12.1. The quantitative estimate of drug-likeness (QED) is 0.634. The number of aliphatic imine (C=N–C) groups is 1. The van der Waals surface area contributed by atoms with Gasteiger partial charge >= 0.3 is 0 Å². The first-order valence-electron chi connectivity index (χ1n) is 10.2. The Bertz CT molecular complexity index is 766. The molecule has 2 heterocycles. The van der Waals surface area contributed by atoms with E-state index >= 15 is 0 Å². The molecule has 1 aromatic carbocycles. The van der Waals surface area contributed by atoms with Gasteiger partial charge in [-0.1, -0.05) is 34.3 Å². The molecule has 152 valence electrons. The molecule has 1 fully saturated rings. The van der Waals surface area contributed by atoms with Crippen LogP contribution in [-0.2, 0) is 22.4 Å². The topological polar surface area (TPSA) is 90.8 Å². The number of hydroxylamine groups is 1. The summed E-state index contributed by atoms with van der Waals surface area (Å²) in [6.45, 7) is 1.07. The molecule has 1 saturated heterocycles. The Kier molecular flexibility index (Phi) is 5.96. The number of benzene rings is 1. The van der Waals surface area contributed by atoms with E-state index in [1.807, 2.05) is 0 Å². The predicted octanol–water partition coefficient (Wildman–Crippen LogP) is 2.18. The van der Waals surface area contributed by atoms with E-state index in [2.05, 4.69) is 40.1 Å². The van der Waals surface area contributed by atoms with Crippen LogP contribution in [-0.4, -0.2) is 51.9 Å². The molecule has 3 N–H and O–H groups in total. The van der Waals surface area contributed by atoms with Crippen LogP contribution in [0.4, 0.5) is 0 Å². The van der Waals surface area contributed by atoms with Gasteiger partial charge in [0.05, 0.1) is 18.5 Å². The fourth-order valence-corrected chi connectivity index (χ4v) is 8.01. The van der Waals surface area contributed by atoms with E-state index in [9.17, 15) is 9.59 Å². The zero-order valence-corrected chi connectivity index (χ0v) is 17.0. The van der Waals surface area contributed by atoms with Crippen molar-refractivity contribution in [3.05, 3.63) is 35.4 Å². The maximum Gasteiger partial charge on any atom is 0.197 e. The second-order valence-corrected chi connectivity index (χ2v) is 11.3.